The van der Waals surface area contributed by atoms with E-state index in [0.717, 1.165) is 13.1 Å². The van der Waals surface area contributed by atoms with Crippen LogP contribution in [-0.2, 0) is 0 Å². The predicted octanol–water partition coefficient (Wildman–Crippen LogP) is 3.66. The van der Waals surface area contributed by atoms with Crippen LogP contribution in [0.25, 0.3) is 0 Å². The SMILES string of the molecule is CC1CCCCCN1CCC(=O)c1ccc(F)cc1. The third-order valence-corrected chi connectivity index (χ3v) is 3.98. The van der Waals surface area contributed by atoms with Crippen molar-refractivity contribution in [1.82, 2.24) is 4.90 Å². The highest BCUT2D eigenvalue weighted by Gasteiger charge is 2.17. The quantitative estimate of drug-likeness (QED) is 0.773. The van der Waals surface area contributed by atoms with Gasteiger partial charge in [-0.25, -0.2) is 4.39 Å². The number of halogens is 1. The highest BCUT2D eigenvalue weighted by Crippen LogP contribution is 2.17. The molecule has 0 amide bonds. The first-order valence-electron chi connectivity index (χ1n) is 7.19. The lowest BCUT2D eigenvalue weighted by Crippen LogP contribution is -2.34. The molecule has 1 aliphatic heterocycles. The Labute approximate surface area is 114 Å². The number of hydrogen-bond donors (Lipinski definition) is 0. The molecule has 2 rings (SSSR count). The molecule has 3 heteroatoms. The standard InChI is InChI=1S/C16H22FNO/c1-13-5-3-2-4-11-18(13)12-10-16(19)14-6-8-15(17)9-7-14/h6-9,13H,2-5,10-12H2,1H3. The molecule has 0 radical (unpaired) electrons. The van der Waals surface area contributed by atoms with Crippen molar-refractivity contribution in [3.63, 3.8) is 0 Å². The molecule has 2 nitrogen and oxygen atoms in total. The first-order chi connectivity index (χ1) is 9.16. The molecule has 1 atom stereocenters. The van der Waals surface area contributed by atoms with Gasteiger partial charge in [-0.2, -0.15) is 0 Å². The van der Waals surface area contributed by atoms with Crippen molar-refractivity contribution in [2.45, 2.75) is 45.1 Å². The minimum absolute atomic E-state index is 0.108. The Morgan fingerprint density at radius 2 is 2.00 bits per heavy atom. The van der Waals surface area contributed by atoms with Gasteiger partial charge in [0.25, 0.3) is 0 Å². The molecule has 0 saturated carbocycles. The highest BCUT2D eigenvalue weighted by molar-refractivity contribution is 5.96. The van der Waals surface area contributed by atoms with Crippen molar-refractivity contribution in [2.75, 3.05) is 13.1 Å². The second-order valence-corrected chi connectivity index (χ2v) is 5.41. The Hall–Kier alpha value is -1.22. The van der Waals surface area contributed by atoms with Crippen molar-refractivity contribution in [1.29, 1.82) is 0 Å². The molecule has 1 aromatic carbocycles. The second kappa shape index (κ2) is 6.80. The maximum atomic E-state index is 12.8. The fraction of sp³-hybridized carbons (Fsp3) is 0.562. The Kier molecular flexibility index (Phi) is 5.08. The fourth-order valence-electron chi connectivity index (χ4n) is 2.69. The summed E-state index contributed by atoms with van der Waals surface area (Å²) in [6.07, 6.45) is 5.58. The molecule has 1 unspecified atom stereocenters. The van der Waals surface area contributed by atoms with Crippen LogP contribution in [0.5, 0.6) is 0 Å². The van der Waals surface area contributed by atoms with Crippen LogP contribution < -0.4 is 0 Å². The number of rotatable bonds is 4. The monoisotopic (exact) mass is 263 g/mol. The third kappa shape index (κ3) is 4.13. The fourth-order valence-corrected chi connectivity index (χ4v) is 2.69. The zero-order valence-electron chi connectivity index (χ0n) is 11.6. The van der Waals surface area contributed by atoms with E-state index in [2.05, 4.69) is 11.8 Å². The van der Waals surface area contributed by atoms with Crippen molar-refractivity contribution in [3.05, 3.63) is 35.6 Å². The molecule has 1 aliphatic rings. The van der Waals surface area contributed by atoms with Crippen LogP contribution in [0.2, 0.25) is 0 Å². The van der Waals surface area contributed by atoms with Gasteiger partial charge in [0, 0.05) is 24.6 Å². The van der Waals surface area contributed by atoms with Crippen molar-refractivity contribution >= 4 is 5.78 Å². The van der Waals surface area contributed by atoms with Gasteiger partial charge in [0.1, 0.15) is 5.82 Å². The first kappa shape index (κ1) is 14.2. The van der Waals surface area contributed by atoms with Crippen LogP contribution in [0.3, 0.4) is 0 Å². The van der Waals surface area contributed by atoms with E-state index in [1.807, 2.05) is 0 Å². The van der Waals surface area contributed by atoms with Gasteiger partial charge in [0.05, 0.1) is 0 Å². The minimum atomic E-state index is -0.294. The number of carbonyl (C=O) groups is 1. The Bertz CT molecular complexity index is 415. The minimum Gasteiger partial charge on any atom is -0.300 e. The van der Waals surface area contributed by atoms with Gasteiger partial charge < -0.3 is 4.90 Å². The third-order valence-electron chi connectivity index (χ3n) is 3.98. The van der Waals surface area contributed by atoms with Crippen LogP contribution in [0, 0.1) is 5.82 Å². The lowest BCUT2D eigenvalue weighted by atomic mass is 10.1. The summed E-state index contributed by atoms with van der Waals surface area (Å²) in [5.41, 5.74) is 0.615. The van der Waals surface area contributed by atoms with Gasteiger partial charge in [-0.1, -0.05) is 12.8 Å². The highest BCUT2D eigenvalue weighted by atomic mass is 19.1. The van der Waals surface area contributed by atoms with E-state index in [4.69, 9.17) is 0 Å². The molecule has 0 aromatic heterocycles. The van der Waals surface area contributed by atoms with Crippen molar-refractivity contribution in [3.8, 4) is 0 Å². The molecule has 0 spiro atoms. The van der Waals surface area contributed by atoms with E-state index in [9.17, 15) is 9.18 Å². The van der Waals surface area contributed by atoms with Crippen LogP contribution >= 0.6 is 0 Å². The maximum Gasteiger partial charge on any atom is 0.164 e. The average molecular weight is 263 g/mol. The molecular formula is C16H22FNO. The molecule has 1 saturated heterocycles. The number of likely N-dealkylation sites (tertiary alicyclic amines) is 1. The zero-order chi connectivity index (χ0) is 13.7. The van der Waals surface area contributed by atoms with Gasteiger partial charge in [0.2, 0.25) is 0 Å². The molecular weight excluding hydrogens is 241 g/mol. The lowest BCUT2D eigenvalue weighted by Gasteiger charge is -2.26. The second-order valence-electron chi connectivity index (χ2n) is 5.41. The molecule has 1 fully saturated rings. The number of carbonyl (C=O) groups excluding carboxylic acids is 1. The molecule has 0 bridgehead atoms. The summed E-state index contributed by atoms with van der Waals surface area (Å²) in [7, 11) is 0. The zero-order valence-corrected chi connectivity index (χ0v) is 11.6. The van der Waals surface area contributed by atoms with E-state index in [-0.39, 0.29) is 11.6 Å². The van der Waals surface area contributed by atoms with E-state index >= 15 is 0 Å². The molecule has 0 aliphatic carbocycles. The van der Waals surface area contributed by atoms with E-state index in [1.54, 1.807) is 12.1 Å². The number of benzene rings is 1. The maximum absolute atomic E-state index is 12.8. The lowest BCUT2D eigenvalue weighted by molar-refractivity contribution is 0.0954. The van der Waals surface area contributed by atoms with Gasteiger partial charge in [0.15, 0.2) is 5.78 Å². The molecule has 1 aromatic rings. The topological polar surface area (TPSA) is 20.3 Å². The Morgan fingerprint density at radius 3 is 2.74 bits per heavy atom. The summed E-state index contributed by atoms with van der Waals surface area (Å²) in [5, 5.41) is 0. The predicted molar refractivity (Wildman–Crippen MR) is 74.9 cm³/mol. The number of Topliss-reactive ketones (excluding diaryl/α,β-unsaturated/α-hetero) is 1. The van der Waals surface area contributed by atoms with Crippen molar-refractivity contribution in [2.24, 2.45) is 0 Å². The Balaban J connectivity index is 1.87. The number of nitrogens with zero attached hydrogens (tertiary/aromatic N) is 1. The van der Waals surface area contributed by atoms with Gasteiger partial charge in [-0.15, -0.1) is 0 Å². The van der Waals surface area contributed by atoms with Crippen LogP contribution in [0.4, 0.5) is 4.39 Å². The van der Waals surface area contributed by atoms with E-state index in [0.29, 0.717) is 18.0 Å². The average Bonchev–Trinajstić information content (AvgIpc) is 2.61. The van der Waals surface area contributed by atoms with E-state index < -0.39 is 0 Å². The van der Waals surface area contributed by atoms with E-state index in [1.165, 1.54) is 37.8 Å². The normalized spacial score (nSPS) is 21.1. The summed E-state index contributed by atoms with van der Waals surface area (Å²) in [6, 6.07) is 6.42. The van der Waals surface area contributed by atoms with Crippen LogP contribution in [0.15, 0.2) is 24.3 Å². The smallest absolute Gasteiger partial charge is 0.164 e. The number of ketones is 1. The molecule has 19 heavy (non-hydrogen) atoms. The summed E-state index contributed by atoms with van der Waals surface area (Å²) >= 11 is 0. The van der Waals surface area contributed by atoms with Gasteiger partial charge >= 0.3 is 0 Å². The molecule has 0 N–H and O–H groups in total. The first-order valence-corrected chi connectivity index (χ1v) is 7.19. The largest absolute Gasteiger partial charge is 0.300 e. The van der Waals surface area contributed by atoms with Gasteiger partial charge in [-0.05, 0) is 50.6 Å². The summed E-state index contributed by atoms with van der Waals surface area (Å²) < 4.78 is 12.8. The van der Waals surface area contributed by atoms with Crippen molar-refractivity contribution < 1.29 is 9.18 Å². The summed E-state index contributed by atoms with van der Waals surface area (Å²) in [5.74, 6) is -0.186. The Morgan fingerprint density at radius 1 is 1.26 bits per heavy atom. The number of hydrogen-bond acceptors (Lipinski definition) is 2. The summed E-state index contributed by atoms with van der Waals surface area (Å²) in [6.45, 7) is 4.16. The van der Waals surface area contributed by atoms with Gasteiger partial charge in [-0.3, -0.25) is 4.79 Å². The van der Waals surface area contributed by atoms with Crippen LogP contribution in [0.1, 0.15) is 49.4 Å². The van der Waals surface area contributed by atoms with Crippen LogP contribution in [-0.4, -0.2) is 29.8 Å². The summed E-state index contributed by atoms with van der Waals surface area (Å²) in [4.78, 5) is 14.5. The molecule has 104 valence electrons. The molecule has 1 heterocycles.